The van der Waals surface area contributed by atoms with Crippen LogP contribution in [-0.4, -0.2) is 52.5 Å². The van der Waals surface area contributed by atoms with E-state index in [9.17, 15) is 14.0 Å². The van der Waals surface area contributed by atoms with E-state index in [1.165, 1.54) is 12.1 Å². The Hall–Kier alpha value is -4.23. The number of hydrogen-bond acceptors (Lipinski definition) is 3. The Morgan fingerprint density at radius 3 is 2.18 bits per heavy atom. The Bertz CT molecular complexity index is 1480. The van der Waals surface area contributed by atoms with Gasteiger partial charge in [-0.3, -0.25) is 9.59 Å². The Balaban J connectivity index is 1.56. The Kier molecular flexibility index (Phi) is 11.5. The van der Waals surface area contributed by atoms with Crippen LogP contribution < -0.4 is 0 Å². The maximum atomic E-state index is 14.1. The minimum Gasteiger partial charge on any atom is -0.382 e. The van der Waals surface area contributed by atoms with E-state index in [2.05, 4.69) is 25.3 Å². The predicted octanol–water partition coefficient (Wildman–Crippen LogP) is 7.07. The SMILES string of the molecule is CCOCCCN(CC(=O)N(Cc1ccccc1)Cc1cccn1Cc1ccc(F)cc1)C(=O)c1ccc(C(C)(C)C)cc1. The molecule has 0 aliphatic rings. The van der Waals surface area contributed by atoms with Crippen LogP contribution in [0, 0.1) is 5.82 Å². The fourth-order valence-electron chi connectivity index (χ4n) is 5.08. The van der Waals surface area contributed by atoms with Crippen LogP contribution in [0.3, 0.4) is 0 Å². The molecule has 4 aromatic rings. The van der Waals surface area contributed by atoms with Gasteiger partial charge >= 0.3 is 0 Å². The standard InChI is InChI=1S/C37H44FN3O3/c1-5-44-24-10-23-40(36(43)31-16-18-32(19-17-31)37(2,3)4)28-35(42)41(26-29-11-7-6-8-12-29)27-34-13-9-22-39(34)25-30-14-20-33(38)21-15-30/h6-9,11-22H,5,10,23-28H2,1-4H3. The number of carbonyl (C=O) groups excluding carboxylic acids is 2. The van der Waals surface area contributed by atoms with Gasteiger partial charge in [0.15, 0.2) is 0 Å². The van der Waals surface area contributed by atoms with Crippen molar-refractivity contribution in [3.05, 3.63) is 131 Å². The van der Waals surface area contributed by atoms with Crippen LogP contribution in [0.1, 0.15) is 66.9 Å². The number of amides is 2. The number of nitrogens with zero attached hydrogens (tertiary/aromatic N) is 3. The molecule has 0 saturated carbocycles. The van der Waals surface area contributed by atoms with Gasteiger partial charge in [0, 0.05) is 50.3 Å². The lowest BCUT2D eigenvalue weighted by atomic mass is 9.86. The molecule has 0 unspecified atom stereocenters. The molecule has 6 nitrogen and oxygen atoms in total. The van der Waals surface area contributed by atoms with Crippen LogP contribution in [0.4, 0.5) is 4.39 Å². The van der Waals surface area contributed by atoms with Crippen molar-refractivity contribution >= 4 is 11.8 Å². The van der Waals surface area contributed by atoms with E-state index in [0.717, 1.165) is 22.4 Å². The van der Waals surface area contributed by atoms with Crippen LogP contribution in [0.25, 0.3) is 0 Å². The maximum Gasteiger partial charge on any atom is 0.254 e. The van der Waals surface area contributed by atoms with Crippen molar-refractivity contribution in [2.45, 2.75) is 59.2 Å². The normalized spacial score (nSPS) is 11.4. The second-order valence-corrected chi connectivity index (χ2v) is 12.1. The summed E-state index contributed by atoms with van der Waals surface area (Å²) < 4.78 is 21.1. The predicted molar refractivity (Wildman–Crippen MR) is 173 cm³/mol. The summed E-state index contributed by atoms with van der Waals surface area (Å²) in [6.45, 7) is 11.2. The third-order valence-corrected chi connectivity index (χ3v) is 7.64. The van der Waals surface area contributed by atoms with Gasteiger partial charge in [-0.15, -0.1) is 0 Å². The highest BCUT2D eigenvalue weighted by molar-refractivity contribution is 5.96. The molecule has 0 atom stereocenters. The zero-order valence-corrected chi connectivity index (χ0v) is 26.3. The third kappa shape index (κ3) is 9.38. The van der Waals surface area contributed by atoms with Crippen molar-refractivity contribution in [2.24, 2.45) is 0 Å². The zero-order chi connectivity index (χ0) is 31.5. The summed E-state index contributed by atoms with van der Waals surface area (Å²) in [7, 11) is 0. The first-order valence-electron chi connectivity index (χ1n) is 15.3. The minimum absolute atomic E-state index is 0.0268. The average Bonchev–Trinajstić information content (AvgIpc) is 3.45. The topological polar surface area (TPSA) is 54.8 Å². The van der Waals surface area contributed by atoms with Gasteiger partial charge in [-0.2, -0.15) is 0 Å². The number of halogens is 1. The highest BCUT2D eigenvalue weighted by Gasteiger charge is 2.24. The summed E-state index contributed by atoms with van der Waals surface area (Å²) in [4.78, 5) is 31.3. The van der Waals surface area contributed by atoms with Gasteiger partial charge in [0.2, 0.25) is 5.91 Å². The summed E-state index contributed by atoms with van der Waals surface area (Å²) in [6.07, 6.45) is 2.60. The Morgan fingerprint density at radius 2 is 1.52 bits per heavy atom. The smallest absolute Gasteiger partial charge is 0.254 e. The van der Waals surface area contributed by atoms with E-state index in [4.69, 9.17) is 4.74 Å². The van der Waals surface area contributed by atoms with Gasteiger partial charge in [0.05, 0.1) is 6.54 Å². The van der Waals surface area contributed by atoms with Crippen LogP contribution in [0.2, 0.25) is 0 Å². The van der Waals surface area contributed by atoms with Gasteiger partial charge in [0.1, 0.15) is 12.4 Å². The van der Waals surface area contributed by atoms with E-state index in [0.29, 0.717) is 51.4 Å². The first-order valence-corrected chi connectivity index (χ1v) is 15.3. The molecule has 2 amide bonds. The van der Waals surface area contributed by atoms with Crippen molar-refractivity contribution in [1.82, 2.24) is 14.4 Å². The lowest BCUT2D eigenvalue weighted by molar-refractivity contribution is -0.133. The summed E-state index contributed by atoms with van der Waals surface area (Å²) in [5.74, 6) is -0.583. The van der Waals surface area contributed by atoms with Crippen molar-refractivity contribution in [1.29, 1.82) is 0 Å². The molecular weight excluding hydrogens is 553 g/mol. The number of ether oxygens (including phenoxy) is 1. The van der Waals surface area contributed by atoms with E-state index in [-0.39, 0.29) is 29.6 Å². The minimum atomic E-state index is -0.272. The van der Waals surface area contributed by atoms with Gasteiger partial charge in [-0.25, -0.2) is 4.39 Å². The first-order chi connectivity index (χ1) is 21.1. The largest absolute Gasteiger partial charge is 0.382 e. The monoisotopic (exact) mass is 597 g/mol. The number of carbonyl (C=O) groups is 2. The van der Waals surface area contributed by atoms with Gasteiger partial charge in [0.25, 0.3) is 5.91 Å². The van der Waals surface area contributed by atoms with E-state index in [1.54, 1.807) is 21.9 Å². The summed E-state index contributed by atoms with van der Waals surface area (Å²) in [5, 5.41) is 0. The zero-order valence-electron chi connectivity index (χ0n) is 26.3. The lowest BCUT2D eigenvalue weighted by Gasteiger charge is -2.29. The summed E-state index contributed by atoms with van der Waals surface area (Å²) in [6, 6.07) is 28.0. The van der Waals surface area contributed by atoms with E-state index in [1.807, 2.05) is 79.9 Å². The fraction of sp³-hybridized carbons (Fsp3) is 0.351. The second-order valence-electron chi connectivity index (χ2n) is 12.1. The van der Waals surface area contributed by atoms with Gasteiger partial charge in [-0.05, 0) is 71.8 Å². The highest BCUT2D eigenvalue weighted by Crippen LogP contribution is 2.23. The van der Waals surface area contributed by atoms with Crippen molar-refractivity contribution in [3.63, 3.8) is 0 Å². The molecule has 0 N–H and O–H groups in total. The molecule has 0 aliphatic heterocycles. The molecule has 7 heteroatoms. The maximum absolute atomic E-state index is 14.1. The van der Waals surface area contributed by atoms with Crippen LogP contribution >= 0.6 is 0 Å². The molecule has 0 saturated heterocycles. The molecule has 0 radical (unpaired) electrons. The van der Waals surface area contributed by atoms with Crippen molar-refractivity contribution < 1.29 is 18.7 Å². The van der Waals surface area contributed by atoms with Gasteiger partial charge in [-0.1, -0.05) is 75.4 Å². The van der Waals surface area contributed by atoms with Crippen LogP contribution in [0.5, 0.6) is 0 Å². The Labute approximate surface area is 261 Å². The molecule has 3 aromatic carbocycles. The van der Waals surface area contributed by atoms with Gasteiger partial charge < -0.3 is 19.1 Å². The average molecular weight is 598 g/mol. The molecule has 0 bridgehead atoms. The van der Waals surface area contributed by atoms with E-state index >= 15 is 0 Å². The molecule has 1 aromatic heterocycles. The highest BCUT2D eigenvalue weighted by atomic mass is 19.1. The molecule has 0 aliphatic carbocycles. The number of aromatic nitrogens is 1. The number of hydrogen-bond donors (Lipinski definition) is 0. The second kappa shape index (κ2) is 15.5. The molecule has 1 heterocycles. The number of benzene rings is 3. The summed E-state index contributed by atoms with van der Waals surface area (Å²) >= 11 is 0. The Morgan fingerprint density at radius 1 is 0.818 bits per heavy atom. The quantitative estimate of drug-likeness (QED) is 0.146. The van der Waals surface area contributed by atoms with Crippen LogP contribution in [-0.2, 0) is 34.6 Å². The molecular formula is C37H44FN3O3. The fourth-order valence-corrected chi connectivity index (χ4v) is 5.08. The molecule has 232 valence electrons. The third-order valence-electron chi connectivity index (χ3n) is 7.64. The van der Waals surface area contributed by atoms with Crippen molar-refractivity contribution in [2.75, 3.05) is 26.3 Å². The lowest BCUT2D eigenvalue weighted by Crippen LogP contribution is -2.43. The first kappa shape index (κ1) is 32.7. The molecule has 44 heavy (non-hydrogen) atoms. The van der Waals surface area contributed by atoms with E-state index < -0.39 is 0 Å². The molecule has 0 spiro atoms. The number of rotatable bonds is 14. The molecule has 4 rings (SSSR count). The molecule has 0 fully saturated rings. The van der Waals surface area contributed by atoms with Crippen molar-refractivity contribution in [3.8, 4) is 0 Å². The summed E-state index contributed by atoms with van der Waals surface area (Å²) in [5.41, 5.74) is 4.60. The van der Waals surface area contributed by atoms with Crippen LogP contribution in [0.15, 0.2) is 97.2 Å².